The van der Waals surface area contributed by atoms with Gasteiger partial charge in [-0.2, -0.15) is 0 Å². The molecule has 0 heterocycles. The molecular formula is C11H10F3NO. The molecule has 0 bridgehead atoms. The van der Waals surface area contributed by atoms with Crippen LogP contribution in [-0.4, -0.2) is 25.3 Å². The molecule has 1 aromatic carbocycles. The van der Waals surface area contributed by atoms with Gasteiger partial charge in [-0.15, -0.1) is 0 Å². The second-order valence-corrected chi connectivity index (χ2v) is 3.39. The molecule has 0 unspecified atom stereocenters. The number of carbonyl (C=O) groups excluding carboxylic acids is 1. The number of rotatable bonds is 3. The number of aldehydes is 1. The molecule has 1 rings (SSSR count). The van der Waals surface area contributed by atoms with Gasteiger partial charge in [-0.05, 0) is 12.1 Å². The Labute approximate surface area is 91.0 Å². The Morgan fingerprint density at radius 3 is 2.31 bits per heavy atom. The summed E-state index contributed by atoms with van der Waals surface area (Å²) in [5.74, 6) is -4.22. The summed E-state index contributed by atoms with van der Waals surface area (Å²) in [4.78, 5) is 12.2. The Kier molecular flexibility index (Phi) is 3.71. The van der Waals surface area contributed by atoms with Crippen LogP contribution in [0, 0.1) is 17.5 Å². The maximum absolute atomic E-state index is 13.3. The zero-order valence-electron chi connectivity index (χ0n) is 8.80. The van der Waals surface area contributed by atoms with E-state index < -0.39 is 17.5 Å². The van der Waals surface area contributed by atoms with Crippen LogP contribution in [0.15, 0.2) is 18.3 Å². The van der Waals surface area contributed by atoms with Crippen molar-refractivity contribution >= 4 is 11.9 Å². The van der Waals surface area contributed by atoms with E-state index in [2.05, 4.69) is 0 Å². The molecule has 0 fully saturated rings. The minimum absolute atomic E-state index is 0.0543. The van der Waals surface area contributed by atoms with Crippen LogP contribution in [0.3, 0.4) is 0 Å². The smallest absolute Gasteiger partial charge is 0.195 e. The first-order valence-electron chi connectivity index (χ1n) is 4.44. The fraction of sp³-hybridized carbons (Fsp3) is 0.182. The lowest BCUT2D eigenvalue weighted by atomic mass is 10.1. The van der Waals surface area contributed by atoms with Crippen molar-refractivity contribution in [3.63, 3.8) is 0 Å². The van der Waals surface area contributed by atoms with Gasteiger partial charge in [0.2, 0.25) is 0 Å². The minimum atomic E-state index is -1.58. The normalized spacial score (nSPS) is 11.4. The number of allylic oxidation sites excluding steroid dienone is 1. The predicted molar refractivity (Wildman–Crippen MR) is 54.0 cm³/mol. The lowest BCUT2D eigenvalue weighted by Crippen LogP contribution is -2.05. The van der Waals surface area contributed by atoms with Crippen LogP contribution in [0.2, 0.25) is 0 Å². The van der Waals surface area contributed by atoms with Crippen LogP contribution >= 0.6 is 0 Å². The number of halogens is 3. The van der Waals surface area contributed by atoms with E-state index in [1.165, 1.54) is 11.1 Å². The lowest BCUT2D eigenvalue weighted by Gasteiger charge is -2.08. The molecule has 0 radical (unpaired) electrons. The van der Waals surface area contributed by atoms with Crippen LogP contribution in [0.4, 0.5) is 13.2 Å². The topological polar surface area (TPSA) is 20.3 Å². The second-order valence-electron chi connectivity index (χ2n) is 3.39. The van der Waals surface area contributed by atoms with Crippen molar-refractivity contribution in [2.45, 2.75) is 0 Å². The number of hydrogen-bond donors (Lipinski definition) is 0. The number of benzene rings is 1. The highest BCUT2D eigenvalue weighted by atomic mass is 19.2. The van der Waals surface area contributed by atoms with E-state index in [4.69, 9.17) is 0 Å². The highest BCUT2D eigenvalue weighted by Crippen LogP contribution is 2.21. The predicted octanol–water partition coefficient (Wildman–Crippen LogP) is 2.21. The summed E-state index contributed by atoms with van der Waals surface area (Å²) >= 11 is 0. The molecule has 0 N–H and O–H groups in total. The van der Waals surface area contributed by atoms with Crippen molar-refractivity contribution in [1.82, 2.24) is 4.90 Å². The van der Waals surface area contributed by atoms with Gasteiger partial charge in [0.1, 0.15) is 0 Å². The molecule has 0 saturated carbocycles. The first-order valence-corrected chi connectivity index (χ1v) is 4.44. The van der Waals surface area contributed by atoms with Crippen molar-refractivity contribution < 1.29 is 18.0 Å². The first-order chi connectivity index (χ1) is 7.47. The van der Waals surface area contributed by atoms with Crippen molar-refractivity contribution in [1.29, 1.82) is 0 Å². The van der Waals surface area contributed by atoms with E-state index >= 15 is 0 Å². The molecule has 2 nitrogen and oxygen atoms in total. The molecule has 1 aromatic rings. The van der Waals surface area contributed by atoms with Gasteiger partial charge in [0, 0.05) is 31.4 Å². The Bertz CT molecular complexity index is 441. The monoisotopic (exact) mass is 229 g/mol. The van der Waals surface area contributed by atoms with Crippen LogP contribution in [0.5, 0.6) is 0 Å². The molecule has 0 amide bonds. The van der Waals surface area contributed by atoms with Crippen LogP contribution in [0.25, 0.3) is 5.57 Å². The zero-order valence-corrected chi connectivity index (χ0v) is 8.80. The summed E-state index contributed by atoms with van der Waals surface area (Å²) in [5.41, 5.74) is -0.316. The summed E-state index contributed by atoms with van der Waals surface area (Å²) in [6.07, 6.45) is 1.71. The third-order valence-corrected chi connectivity index (χ3v) is 1.87. The Morgan fingerprint density at radius 1 is 1.19 bits per heavy atom. The van der Waals surface area contributed by atoms with E-state index in [-0.39, 0.29) is 11.1 Å². The van der Waals surface area contributed by atoms with Crippen LogP contribution in [0.1, 0.15) is 5.56 Å². The Hall–Kier alpha value is -1.78. The molecule has 0 atom stereocenters. The fourth-order valence-electron chi connectivity index (χ4n) is 1.19. The van der Waals surface area contributed by atoms with E-state index in [1.54, 1.807) is 14.1 Å². The van der Waals surface area contributed by atoms with Crippen molar-refractivity contribution in [3.8, 4) is 0 Å². The Morgan fingerprint density at radius 2 is 1.81 bits per heavy atom. The average molecular weight is 229 g/mol. The number of carbonyl (C=O) groups is 1. The summed E-state index contributed by atoms with van der Waals surface area (Å²) < 4.78 is 38.9. The van der Waals surface area contributed by atoms with E-state index in [0.29, 0.717) is 6.29 Å². The molecule has 5 heteroatoms. The third kappa shape index (κ3) is 2.42. The molecule has 0 aromatic heterocycles. The maximum atomic E-state index is 13.3. The molecule has 0 aliphatic carbocycles. The first kappa shape index (κ1) is 12.3. The van der Waals surface area contributed by atoms with Crippen molar-refractivity contribution in [3.05, 3.63) is 41.3 Å². The standard InChI is InChI=1S/C11H10F3NO/c1-15(2)5-7(6-16)8-3-4-9(12)11(14)10(8)13/h3-6H,1-2H3/b7-5+. The number of hydrogen-bond acceptors (Lipinski definition) is 2. The lowest BCUT2D eigenvalue weighted by molar-refractivity contribution is -0.103. The van der Waals surface area contributed by atoms with Gasteiger partial charge >= 0.3 is 0 Å². The van der Waals surface area contributed by atoms with Gasteiger partial charge in [-0.25, -0.2) is 13.2 Å². The fourth-order valence-corrected chi connectivity index (χ4v) is 1.19. The molecule has 0 aliphatic rings. The molecule has 0 aliphatic heterocycles. The van der Waals surface area contributed by atoms with Gasteiger partial charge in [0.15, 0.2) is 23.7 Å². The number of nitrogens with zero attached hydrogens (tertiary/aromatic N) is 1. The molecule has 0 saturated heterocycles. The van der Waals surface area contributed by atoms with Gasteiger partial charge in [-0.3, -0.25) is 4.79 Å². The summed E-state index contributed by atoms with van der Waals surface area (Å²) in [7, 11) is 3.25. The second kappa shape index (κ2) is 4.83. The highest BCUT2D eigenvalue weighted by molar-refractivity contribution is 6.06. The summed E-state index contributed by atoms with van der Waals surface area (Å²) in [6.45, 7) is 0. The maximum Gasteiger partial charge on any atom is 0.195 e. The van der Waals surface area contributed by atoms with Gasteiger partial charge in [0.25, 0.3) is 0 Å². The summed E-state index contributed by atoms with van der Waals surface area (Å²) in [5, 5.41) is 0. The third-order valence-electron chi connectivity index (χ3n) is 1.87. The molecule has 86 valence electrons. The van der Waals surface area contributed by atoms with Crippen molar-refractivity contribution in [2.24, 2.45) is 0 Å². The summed E-state index contributed by atoms with van der Waals surface area (Å²) in [6, 6.07) is 1.80. The van der Waals surface area contributed by atoms with Crippen molar-refractivity contribution in [2.75, 3.05) is 14.1 Å². The van der Waals surface area contributed by atoms with E-state index in [9.17, 15) is 18.0 Å². The largest absolute Gasteiger partial charge is 0.383 e. The molecule has 0 spiro atoms. The minimum Gasteiger partial charge on any atom is -0.383 e. The molecular weight excluding hydrogens is 219 g/mol. The Balaban J connectivity index is 3.32. The van der Waals surface area contributed by atoms with E-state index in [1.807, 2.05) is 0 Å². The quantitative estimate of drug-likeness (QED) is 0.450. The van der Waals surface area contributed by atoms with Crippen LogP contribution in [-0.2, 0) is 4.79 Å². The van der Waals surface area contributed by atoms with Crippen LogP contribution < -0.4 is 0 Å². The zero-order chi connectivity index (χ0) is 12.3. The van der Waals surface area contributed by atoms with Gasteiger partial charge in [-0.1, -0.05) is 0 Å². The molecule has 16 heavy (non-hydrogen) atoms. The highest BCUT2D eigenvalue weighted by Gasteiger charge is 2.15. The SMILES string of the molecule is CN(C)/C=C(\C=O)c1ccc(F)c(F)c1F. The van der Waals surface area contributed by atoms with Gasteiger partial charge < -0.3 is 4.90 Å². The van der Waals surface area contributed by atoms with E-state index in [0.717, 1.165) is 12.1 Å². The average Bonchev–Trinajstić information content (AvgIpc) is 2.23. The van der Waals surface area contributed by atoms with Gasteiger partial charge in [0.05, 0.1) is 0 Å².